The van der Waals surface area contributed by atoms with Gasteiger partial charge in [-0.1, -0.05) is 33.1 Å². The van der Waals surface area contributed by atoms with E-state index in [1.54, 1.807) is 6.92 Å². The van der Waals surface area contributed by atoms with E-state index in [1.807, 2.05) is 0 Å². The Morgan fingerprint density at radius 2 is 2.00 bits per heavy atom. The highest BCUT2D eigenvalue weighted by Gasteiger charge is 2.09. The van der Waals surface area contributed by atoms with Crippen molar-refractivity contribution in [2.45, 2.75) is 53.4 Å². The van der Waals surface area contributed by atoms with Gasteiger partial charge >= 0.3 is 5.97 Å². The van der Waals surface area contributed by atoms with Crippen molar-refractivity contribution in [3.63, 3.8) is 0 Å². The first-order chi connectivity index (χ1) is 8.49. The molecule has 104 valence electrons. The van der Waals surface area contributed by atoms with Crippen molar-refractivity contribution in [2.75, 3.05) is 6.61 Å². The van der Waals surface area contributed by atoms with E-state index in [9.17, 15) is 9.59 Å². The van der Waals surface area contributed by atoms with Crippen LogP contribution in [0.3, 0.4) is 0 Å². The summed E-state index contributed by atoms with van der Waals surface area (Å²) in [6, 6.07) is 0. The molecule has 4 heteroatoms. The van der Waals surface area contributed by atoms with Gasteiger partial charge < -0.3 is 10.1 Å². The summed E-state index contributed by atoms with van der Waals surface area (Å²) < 4.78 is 4.85. The van der Waals surface area contributed by atoms with Crippen LogP contribution in [0.4, 0.5) is 0 Å². The molecule has 0 rings (SSSR count). The van der Waals surface area contributed by atoms with Crippen LogP contribution in [-0.4, -0.2) is 18.5 Å². The molecule has 0 saturated carbocycles. The molecule has 0 aliphatic heterocycles. The van der Waals surface area contributed by atoms with Gasteiger partial charge in [0.05, 0.1) is 6.61 Å². The smallest absolute Gasteiger partial charge is 0.332 e. The van der Waals surface area contributed by atoms with Crippen molar-refractivity contribution in [1.82, 2.24) is 5.32 Å². The quantitative estimate of drug-likeness (QED) is 0.536. The van der Waals surface area contributed by atoms with E-state index in [0.29, 0.717) is 24.6 Å². The van der Waals surface area contributed by atoms with Crippen molar-refractivity contribution < 1.29 is 14.3 Å². The highest BCUT2D eigenvalue weighted by molar-refractivity contribution is 5.84. The Hall–Kier alpha value is -1.32. The van der Waals surface area contributed by atoms with Crippen LogP contribution in [0.25, 0.3) is 0 Å². The van der Waals surface area contributed by atoms with E-state index in [0.717, 1.165) is 19.3 Å². The van der Waals surface area contributed by atoms with Gasteiger partial charge in [-0.2, -0.15) is 0 Å². The molecule has 4 nitrogen and oxygen atoms in total. The third-order valence-electron chi connectivity index (χ3n) is 2.53. The lowest BCUT2D eigenvalue weighted by atomic mass is 9.98. The first kappa shape index (κ1) is 16.7. The second-order valence-corrected chi connectivity index (χ2v) is 4.55. The third-order valence-corrected chi connectivity index (χ3v) is 2.53. The molecule has 0 aromatic heterocycles. The van der Waals surface area contributed by atoms with E-state index in [2.05, 4.69) is 19.2 Å². The Kier molecular flexibility index (Phi) is 8.97. The van der Waals surface area contributed by atoms with Crippen molar-refractivity contribution in [1.29, 1.82) is 0 Å². The molecule has 1 amide bonds. The number of hydrogen-bond donors (Lipinski definition) is 1. The number of carbonyl (C=O) groups is 2. The lowest BCUT2D eigenvalue weighted by Crippen LogP contribution is -2.22. The van der Waals surface area contributed by atoms with E-state index in [1.165, 1.54) is 13.0 Å². The number of carbonyl (C=O) groups excluding carboxylic acids is 2. The van der Waals surface area contributed by atoms with Gasteiger partial charge in [0.25, 0.3) is 0 Å². The Morgan fingerprint density at radius 3 is 2.50 bits per heavy atom. The Balaban J connectivity index is 4.47. The van der Waals surface area contributed by atoms with E-state index in [-0.39, 0.29) is 5.91 Å². The van der Waals surface area contributed by atoms with Crippen molar-refractivity contribution in [2.24, 2.45) is 5.92 Å². The zero-order valence-electron chi connectivity index (χ0n) is 11.9. The largest absolute Gasteiger partial charge is 0.463 e. The van der Waals surface area contributed by atoms with Gasteiger partial charge in [-0.3, -0.25) is 4.79 Å². The van der Waals surface area contributed by atoms with Crippen LogP contribution in [0.1, 0.15) is 53.4 Å². The average molecular weight is 255 g/mol. The number of hydrogen-bond acceptors (Lipinski definition) is 3. The second kappa shape index (κ2) is 9.68. The van der Waals surface area contributed by atoms with Crippen molar-refractivity contribution >= 4 is 11.9 Å². The molecular formula is C14H25NO3. The average Bonchev–Trinajstić information content (AvgIpc) is 2.25. The lowest BCUT2D eigenvalue weighted by molar-refractivity contribution is -0.137. The van der Waals surface area contributed by atoms with Crippen LogP contribution in [0.2, 0.25) is 0 Å². The van der Waals surface area contributed by atoms with Crippen molar-refractivity contribution in [3.05, 3.63) is 11.8 Å². The summed E-state index contributed by atoms with van der Waals surface area (Å²) in [5.41, 5.74) is 0.643. The number of allylic oxidation sites excluding steroid dienone is 1. The summed E-state index contributed by atoms with van der Waals surface area (Å²) in [5, 5.41) is 2.70. The topological polar surface area (TPSA) is 55.4 Å². The molecule has 0 fully saturated rings. The Morgan fingerprint density at radius 1 is 1.33 bits per heavy atom. The molecule has 0 aliphatic rings. The fraction of sp³-hybridized carbons (Fsp3) is 0.714. The minimum Gasteiger partial charge on any atom is -0.463 e. The number of amides is 1. The van der Waals surface area contributed by atoms with Gasteiger partial charge in [0.15, 0.2) is 0 Å². The molecule has 0 aromatic rings. The van der Waals surface area contributed by atoms with Crippen LogP contribution in [0.5, 0.6) is 0 Å². The monoisotopic (exact) mass is 255 g/mol. The van der Waals surface area contributed by atoms with Gasteiger partial charge in [-0.25, -0.2) is 4.79 Å². The molecule has 18 heavy (non-hydrogen) atoms. The van der Waals surface area contributed by atoms with Gasteiger partial charge in [0, 0.05) is 18.7 Å². The zero-order valence-corrected chi connectivity index (χ0v) is 11.9. The van der Waals surface area contributed by atoms with Crippen LogP contribution in [-0.2, 0) is 14.3 Å². The predicted molar refractivity (Wildman–Crippen MR) is 71.8 cm³/mol. The van der Waals surface area contributed by atoms with E-state index in [4.69, 9.17) is 4.74 Å². The minimum absolute atomic E-state index is 0.159. The van der Waals surface area contributed by atoms with E-state index < -0.39 is 5.97 Å². The summed E-state index contributed by atoms with van der Waals surface area (Å²) in [4.78, 5) is 22.5. The summed E-state index contributed by atoms with van der Waals surface area (Å²) in [6.45, 7) is 7.81. The lowest BCUT2D eigenvalue weighted by Gasteiger charge is -2.14. The number of esters is 1. The van der Waals surface area contributed by atoms with Crippen LogP contribution in [0, 0.1) is 5.92 Å². The van der Waals surface area contributed by atoms with E-state index >= 15 is 0 Å². The Labute approximate surface area is 110 Å². The van der Waals surface area contributed by atoms with Gasteiger partial charge in [-0.15, -0.1) is 0 Å². The van der Waals surface area contributed by atoms with Gasteiger partial charge in [-0.05, 0) is 19.3 Å². The molecule has 0 unspecified atom stereocenters. The molecule has 0 heterocycles. The Bertz CT molecular complexity index is 297. The normalized spacial score (nSPS) is 13.0. The molecule has 1 N–H and O–H groups in total. The standard InChI is InChI=1S/C14H25NO3/c1-5-7-8-11(3)9-13(15-12(4)16)10-14(17)18-6-2/h10-11H,5-9H2,1-4H3,(H,15,16)/b13-10-/t11-/m1/s1. The second-order valence-electron chi connectivity index (χ2n) is 4.55. The summed E-state index contributed by atoms with van der Waals surface area (Å²) in [5.74, 6) is -0.116. The molecule has 0 spiro atoms. The van der Waals surface area contributed by atoms with Crippen LogP contribution in [0.15, 0.2) is 11.8 Å². The van der Waals surface area contributed by atoms with Crippen molar-refractivity contribution in [3.8, 4) is 0 Å². The molecule has 0 aromatic carbocycles. The van der Waals surface area contributed by atoms with Crippen LogP contribution >= 0.6 is 0 Å². The number of unbranched alkanes of at least 4 members (excludes halogenated alkanes) is 1. The molecule has 0 bridgehead atoms. The molecular weight excluding hydrogens is 230 g/mol. The number of ether oxygens (including phenoxy) is 1. The maximum atomic E-state index is 11.4. The highest BCUT2D eigenvalue weighted by atomic mass is 16.5. The first-order valence-corrected chi connectivity index (χ1v) is 6.64. The minimum atomic E-state index is -0.399. The molecule has 1 atom stereocenters. The fourth-order valence-electron chi connectivity index (χ4n) is 1.73. The molecule has 0 radical (unpaired) electrons. The highest BCUT2D eigenvalue weighted by Crippen LogP contribution is 2.16. The number of rotatable bonds is 8. The molecule has 0 saturated heterocycles. The van der Waals surface area contributed by atoms with Gasteiger partial charge in [0.2, 0.25) is 5.91 Å². The van der Waals surface area contributed by atoms with Crippen LogP contribution < -0.4 is 5.32 Å². The third kappa shape index (κ3) is 8.79. The van der Waals surface area contributed by atoms with Gasteiger partial charge in [0.1, 0.15) is 0 Å². The fourth-order valence-corrected chi connectivity index (χ4v) is 1.73. The summed E-state index contributed by atoms with van der Waals surface area (Å²) in [7, 11) is 0. The zero-order chi connectivity index (χ0) is 14.0. The maximum absolute atomic E-state index is 11.4. The first-order valence-electron chi connectivity index (χ1n) is 6.64. The number of nitrogens with one attached hydrogen (secondary N) is 1. The maximum Gasteiger partial charge on any atom is 0.332 e. The molecule has 0 aliphatic carbocycles. The summed E-state index contributed by atoms with van der Waals surface area (Å²) in [6.07, 6.45) is 5.48. The summed E-state index contributed by atoms with van der Waals surface area (Å²) >= 11 is 0. The predicted octanol–water partition coefficient (Wildman–Crippen LogP) is 2.79. The SMILES string of the molecule is CCCC[C@@H](C)C/C(=C/C(=O)OCC)NC(C)=O.